The van der Waals surface area contributed by atoms with E-state index in [1.54, 1.807) is 6.21 Å². The van der Waals surface area contributed by atoms with Gasteiger partial charge in [0.25, 0.3) is 0 Å². The first-order chi connectivity index (χ1) is 13.7. The molecule has 0 fully saturated rings. The number of hydrogen-bond donors (Lipinski definition) is 2. The minimum Gasteiger partial charge on any atom is -0.490 e. The van der Waals surface area contributed by atoms with Gasteiger partial charge in [-0.3, -0.25) is 5.43 Å². The van der Waals surface area contributed by atoms with Gasteiger partial charge >= 0.3 is 0 Å². The van der Waals surface area contributed by atoms with Crippen molar-refractivity contribution < 1.29 is 9.47 Å². The third-order valence-corrected chi connectivity index (χ3v) is 4.00. The van der Waals surface area contributed by atoms with Crippen molar-refractivity contribution >= 4 is 23.5 Å². The fourth-order valence-electron chi connectivity index (χ4n) is 2.59. The zero-order valence-electron chi connectivity index (χ0n) is 16.4. The van der Waals surface area contributed by atoms with Crippen LogP contribution in [0.2, 0.25) is 0 Å². The highest BCUT2D eigenvalue weighted by molar-refractivity contribution is 7.80. The number of nitrogens with zero attached hydrogens (tertiary/aromatic N) is 1. The molecule has 2 N–H and O–H groups in total. The van der Waals surface area contributed by atoms with Crippen molar-refractivity contribution in [1.29, 1.82) is 0 Å². The van der Waals surface area contributed by atoms with Crippen LogP contribution in [0.5, 0.6) is 11.5 Å². The van der Waals surface area contributed by atoms with E-state index < -0.39 is 0 Å². The van der Waals surface area contributed by atoms with Crippen LogP contribution in [0.3, 0.4) is 0 Å². The lowest BCUT2D eigenvalue weighted by atomic mass is 10.1. The third kappa shape index (κ3) is 6.70. The van der Waals surface area contributed by atoms with Crippen molar-refractivity contribution in [3.63, 3.8) is 0 Å². The number of nitrogens with one attached hydrogen (secondary N) is 2. The van der Waals surface area contributed by atoms with E-state index in [9.17, 15) is 0 Å². The molecule has 2 aromatic rings. The van der Waals surface area contributed by atoms with E-state index in [1.165, 1.54) is 0 Å². The Balaban J connectivity index is 2.25. The first-order valence-electron chi connectivity index (χ1n) is 9.32. The van der Waals surface area contributed by atoms with Crippen LogP contribution in [-0.2, 0) is 13.0 Å². The predicted octanol–water partition coefficient (Wildman–Crippen LogP) is 4.21. The first-order valence-corrected chi connectivity index (χ1v) is 9.73. The van der Waals surface area contributed by atoms with Crippen LogP contribution in [0, 0.1) is 0 Å². The molecule has 0 unspecified atom stereocenters. The summed E-state index contributed by atoms with van der Waals surface area (Å²) < 4.78 is 12.0. The lowest BCUT2D eigenvalue weighted by Crippen LogP contribution is -2.31. The van der Waals surface area contributed by atoms with Crippen molar-refractivity contribution in [3.8, 4) is 11.5 Å². The lowest BCUT2D eigenvalue weighted by molar-refractivity contribution is 0.267. The number of thiocarbonyl (C=S) groups is 1. The van der Waals surface area contributed by atoms with E-state index in [4.69, 9.17) is 21.7 Å². The molecule has 0 saturated carbocycles. The molecule has 2 rings (SSSR count). The Morgan fingerprint density at radius 2 is 1.96 bits per heavy atom. The molecule has 2 aromatic carbocycles. The molecule has 0 bridgehead atoms. The molecular formula is C22H27N3O2S. The van der Waals surface area contributed by atoms with Gasteiger partial charge in [-0.15, -0.1) is 6.58 Å². The summed E-state index contributed by atoms with van der Waals surface area (Å²) in [6, 6.07) is 14.0. The second-order valence-electron chi connectivity index (χ2n) is 5.94. The number of rotatable bonds is 10. The second-order valence-corrected chi connectivity index (χ2v) is 6.35. The maximum atomic E-state index is 6.13. The molecular weight excluding hydrogens is 370 g/mol. The molecule has 0 heterocycles. The molecule has 0 aliphatic carbocycles. The molecule has 6 heteroatoms. The van der Waals surface area contributed by atoms with Gasteiger partial charge in [0.1, 0.15) is 6.61 Å². The van der Waals surface area contributed by atoms with Gasteiger partial charge in [0.05, 0.1) is 12.8 Å². The molecule has 0 atom stereocenters. The Hall–Kier alpha value is -2.86. The highest BCUT2D eigenvalue weighted by Crippen LogP contribution is 2.34. The van der Waals surface area contributed by atoms with Gasteiger partial charge in [-0.05, 0) is 55.7 Å². The largest absolute Gasteiger partial charge is 0.490 e. The monoisotopic (exact) mass is 397 g/mol. The number of allylic oxidation sites excluding steroid dienone is 1. The van der Waals surface area contributed by atoms with Crippen LogP contribution in [0.25, 0.3) is 0 Å². The number of benzene rings is 2. The Morgan fingerprint density at radius 3 is 2.64 bits per heavy atom. The molecule has 0 saturated heterocycles. The third-order valence-electron chi connectivity index (χ3n) is 3.76. The maximum absolute atomic E-state index is 6.13. The highest BCUT2D eigenvalue weighted by Gasteiger charge is 2.13. The van der Waals surface area contributed by atoms with Gasteiger partial charge in [0.15, 0.2) is 16.6 Å². The SMILES string of the molecule is C=CCc1cc(/C=N\NC(=S)NCC)cc(OCC)c1OCc1ccccc1. The summed E-state index contributed by atoms with van der Waals surface area (Å²) in [6.07, 6.45) is 4.22. The topological polar surface area (TPSA) is 54.9 Å². The van der Waals surface area contributed by atoms with E-state index in [0.717, 1.165) is 29.0 Å². The summed E-state index contributed by atoms with van der Waals surface area (Å²) in [5, 5.41) is 7.65. The average molecular weight is 398 g/mol. The zero-order chi connectivity index (χ0) is 20.2. The molecule has 148 valence electrons. The van der Waals surface area contributed by atoms with Crippen LogP contribution in [-0.4, -0.2) is 24.5 Å². The molecule has 0 amide bonds. The molecule has 0 aliphatic rings. The van der Waals surface area contributed by atoms with Crippen LogP contribution in [0.1, 0.15) is 30.5 Å². The van der Waals surface area contributed by atoms with Crippen LogP contribution in [0.4, 0.5) is 0 Å². The minimum absolute atomic E-state index is 0.469. The first kappa shape index (κ1) is 21.4. The molecule has 0 aromatic heterocycles. The van der Waals surface area contributed by atoms with Gasteiger partial charge in [-0.2, -0.15) is 5.10 Å². The molecule has 5 nitrogen and oxygen atoms in total. The second kappa shape index (κ2) is 11.8. The Kier molecular flexibility index (Phi) is 9.01. The fourth-order valence-corrected chi connectivity index (χ4v) is 2.78. The van der Waals surface area contributed by atoms with Gasteiger partial charge in [0, 0.05) is 12.1 Å². The van der Waals surface area contributed by atoms with E-state index in [2.05, 4.69) is 22.4 Å². The van der Waals surface area contributed by atoms with Gasteiger partial charge < -0.3 is 14.8 Å². The lowest BCUT2D eigenvalue weighted by Gasteiger charge is -2.17. The molecule has 0 radical (unpaired) electrons. The van der Waals surface area contributed by atoms with Crippen molar-refractivity contribution in [2.45, 2.75) is 26.9 Å². The Labute approximate surface area is 172 Å². The number of ether oxygens (including phenoxy) is 2. The average Bonchev–Trinajstić information content (AvgIpc) is 2.69. The van der Waals surface area contributed by atoms with Gasteiger partial charge in [0.2, 0.25) is 0 Å². The van der Waals surface area contributed by atoms with Crippen molar-refractivity contribution in [1.82, 2.24) is 10.7 Å². The number of hydrazone groups is 1. The molecule has 0 aliphatic heterocycles. The highest BCUT2D eigenvalue weighted by atomic mass is 32.1. The normalized spacial score (nSPS) is 10.5. The quantitative estimate of drug-likeness (QED) is 0.272. The van der Waals surface area contributed by atoms with E-state index in [-0.39, 0.29) is 0 Å². The van der Waals surface area contributed by atoms with Crippen LogP contribution >= 0.6 is 12.2 Å². The smallest absolute Gasteiger partial charge is 0.186 e. The summed E-state index contributed by atoms with van der Waals surface area (Å²) in [5.41, 5.74) is 5.77. The van der Waals surface area contributed by atoms with Crippen LogP contribution in [0.15, 0.2) is 60.2 Å². The maximum Gasteiger partial charge on any atom is 0.186 e. The minimum atomic E-state index is 0.469. The summed E-state index contributed by atoms with van der Waals surface area (Å²) >= 11 is 5.11. The van der Waals surface area contributed by atoms with Crippen LogP contribution < -0.4 is 20.2 Å². The van der Waals surface area contributed by atoms with Gasteiger partial charge in [-0.1, -0.05) is 36.4 Å². The summed E-state index contributed by atoms with van der Waals surface area (Å²) in [4.78, 5) is 0. The zero-order valence-corrected chi connectivity index (χ0v) is 17.2. The molecule has 0 spiro atoms. The van der Waals surface area contributed by atoms with E-state index in [0.29, 0.717) is 30.5 Å². The molecule has 28 heavy (non-hydrogen) atoms. The summed E-state index contributed by atoms with van der Waals surface area (Å²) in [5.74, 6) is 1.42. The van der Waals surface area contributed by atoms with Crippen molar-refractivity contribution in [2.24, 2.45) is 5.10 Å². The Morgan fingerprint density at radius 1 is 1.18 bits per heavy atom. The number of hydrogen-bond acceptors (Lipinski definition) is 4. The van der Waals surface area contributed by atoms with Crippen molar-refractivity contribution in [3.05, 3.63) is 71.8 Å². The standard InChI is InChI=1S/C22H27N3O2S/c1-4-10-19-13-18(15-24-25-22(28)23-5-2)14-20(26-6-3)21(19)27-16-17-11-8-7-9-12-17/h4,7-9,11-15H,1,5-6,10,16H2,2-3H3,(H2,23,25,28)/b24-15-. The van der Waals surface area contributed by atoms with E-state index >= 15 is 0 Å². The van der Waals surface area contributed by atoms with E-state index in [1.807, 2.05) is 62.4 Å². The Bertz CT molecular complexity index is 807. The van der Waals surface area contributed by atoms with Gasteiger partial charge in [-0.25, -0.2) is 0 Å². The van der Waals surface area contributed by atoms with Crippen molar-refractivity contribution in [2.75, 3.05) is 13.2 Å². The fraction of sp³-hybridized carbons (Fsp3) is 0.273. The summed E-state index contributed by atoms with van der Waals surface area (Å²) in [7, 11) is 0. The predicted molar refractivity (Wildman–Crippen MR) is 119 cm³/mol. The summed E-state index contributed by atoms with van der Waals surface area (Å²) in [6.45, 7) is 9.53.